The maximum atomic E-state index is 16.1. The molecule has 2 atom stereocenters. The molecule has 47 heavy (non-hydrogen) atoms. The summed E-state index contributed by atoms with van der Waals surface area (Å²) >= 11 is 0. The fourth-order valence-electron chi connectivity index (χ4n) is 6.81. The lowest BCUT2D eigenvalue weighted by Gasteiger charge is -2.36. The molecule has 2 aliphatic rings. The van der Waals surface area contributed by atoms with Gasteiger partial charge in [-0.2, -0.15) is 10.2 Å². The number of hydrogen-bond donors (Lipinski definition) is 1. The van der Waals surface area contributed by atoms with Gasteiger partial charge in [-0.1, -0.05) is 6.07 Å². The number of nitrogens with zero attached hydrogens (tertiary/aromatic N) is 7. The molecular weight excluding hydrogens is 609 g/mol. The predicted molar refractivity (Wildman–Crippen MR) is 169 cm³/mol. The molecule has 2 aromatic carbocycles. The van der Waals surface area contributed by atoms with Crippen molar-refractivity contribution < 1.29 is 22.7 Å². The SMILES string of the molecule is CC(C)(C)OC(=O)N1C[C@H]2C[C@@H]1CN2c1cc(F)c(-c2ccnc3c(-c4ccc(F)c5[nH]ncc45)c(-c4ccncc4)nn23)c(F)c1. The average Bonchev–Trinajstić information content (AvgIpc) is 3.84. The molecule has 1 N–H and O–H groups in total. The van der Waals surface area contributed by atoms with Gasteiger partial charge in [-0.05, 0) is 69.2 Å². The topological polar surface area (TPSA) is 105 Å². The molecule has 4 aromatic heterocycles. The summed E-state index contributed by atoms with van der Waals surface area (Å²) in [6, 6.07) is 10.5. The molecule has 0 radical (unpaired) electrons. The van der Waals surface area contributed by atoms with Crippen molar-refractivity contribution in [1.29, 1.82) is 0 Å². The van der Waals surface area contributed by atoms with Crippen LogP contribution in [0.5, 0.6) is 0 Å². The van der Waals surface area contributed by atoms with Crippen molar-refractivity contribution in [3.8, 4) is 33.6 Å². The Balaban J connectivity index is 1.20. The molecule has 0 unspecified atom stereocenters. The first-order chi connectivity index (χ1) is 22.6. The van der Waals surface area contributed by atoms with Crippen LogP contribution < -0.4 is 4.90 Å². The second kappa shape index (κ2) is 10.5. The van der Waals surface area contributed by atoms with E-state index in [1.54, 1.807) is 35.5 Å². The van der Waals surface area contributed by atoms with Crippen LogP contribution in [0.2, 0.25) is 0 Å². The predicted octanol–water partition coefficient (Wildman–Crippen LogP) is 6.62. The van der Waals surface area contributed by atoms with Crippen LogP contribution in [0, 0.1) is 17.5 Å². The zero-order chi connectivity index (χ0) is 32.6. The first-order valence-corrected chi connectivity index (χ1v) is 15.2. The number of nitrogens with one attached hydrogen (secondary N) is 1. The Labute approximate surface area is 266 Å². The van der Waals surface area contributed by atoms with Gasteiger partial charge in [0.1, 0.15) is 34.3 Å². The third kappa shape index (κ3) is 4.75. The number of benzene rings is 2. The number of likely N-dealkylation sites (tertiary alicyclic amines) is 1. The van der Waals surface area contributed by atoms with E-state index in [0.29, 0.717) is 58.6 Å². The Morgan fingerprint density at radius 3 is 2.40 bits per heavy atom. The molecule has 2 aliphatic heterocycles. The number of hydrogen-bond acceptors (Lipinski definition) is 7. The lowest BCUT2D eigenvalue weighted by molar-refractivity contribution is 0.0214. The van der Waals surface area contributed by atoms with Gasteiger partial charge in [-0.3, -0.25) is 10.1 Å². The van der Waals surface area contributed by atoms with Crippen molar-refractivity contribution in [3.05, 3.63) is 84.7 Å². The second-order valence-electron chi connectivity index (χ2n) is 12.9. The first kappa shape index (κ1) is 29.0. The van der Waals surface area contributed by atoms with Crippen LogP contribution in [0.1, 0.15) is 27.2 Å². The van der Waals surface area contributed by atoms with Crippen molar-refractivity contribution in [3.63, 3.8) is 0 Å². The van der Waals surface area contributed by atoms with Crippen LogP contribution >= 0.6 is 0 Å². The molecule has 0 aliphatic carbocycles. The fourth-order valence-corrected chi connectivity index (χ4v) is 6.81. The van der Waals surface area contributed by atoms with Crippen LogP contribution in [0.25, 0.3) is 50.2 Å². The second-order valence-corrected chi connectivity index (χ2v) is 12.9. The van der Waals surface area contributed by atoms with E-state index >= 15 is 8.78 Å². The number of rotatable bonds is 4. The zero-order valence-corrected chi connectivity index (χ0v) is 25.7. The molecular formula is C34H29F3N8O2. The highest BCUT2D eigenvalue weighted by Gasteiger charge is 2.47. The minimum atomic E-state index is -0.763. The Hall–Kier alpha value is -5.46. The highest BCUT2D eigenvalue weighted by Crippen LogP contribution is 2.41. The van der Waals surface area contributed by atoms with Crippen molar-refractivity contribution in [2.24, 2.45) is 0 Å². The first-order valence-electron chi connectivity index (χ1n) is 15.2. The monoisotopic (exact) mass is 638 g/mol. The standard InChI is InChI=1S/C34H29F3N8O2/c1-34(2,3)47-33(46)44-17-20-12-21(44)16-43(20)19-13-25(36)29(26(37)14-19)27-8-11-39-32-28(22-4-5-24(35)31-23(22)15-40-41-31)30(42-45(27)32)18-6-9-38-10-7-18/h4-11,13-15,20-21H,12,16-17H2,1-3H3,(H,40,41)/t20-,21-/m1/s1. The van der Waals surface area contributed by atoms with E-state index in [4.69, 9.17) is 9.84 Å². The molecule has 238 valence electrons. The number of aromatic nitrogens is 6. The number of piperazine rings is 1. The quantitative estimate of drug-likeness (QED) is 0.232. The van der Waals surface area contributed by atoms with Crippen molar-refractivity contribution in [2.75, 3.05) is 18.0 Å². The highest BCUT2D eigenvalue weighted by atomic mass is 19.1. The van der Waals surface area contributed by atoms with Crippen LogP contribution in [0.4, 0.5) is 23.7 Å². The van der Waals surface area contributed by atoms with E-state index < -0.39 is 23.1 Å². The number of ether oxygens (including phenoxy) is 1. The van der Waals surface area contributed by atoms with Crippen LogP contribution in [0.3, 0.4) is 0 Å². The molecule has 2 bridgehead atoms. The van der Waals surface area contributed by atoms with Gasteiger partial charge in [-0.25, -0.2) is 27.5 Å². The number of amides is 1. The van der Waals surface area contributed by atoms with E-state index in [1.165, 1.54) is 41.2 Å². The number of fused-ring (bicyclic) bond motifs is 4. The number of carbonyl (C=O) groups excluding carboxylic acids is 1. The summed E-state index contributed by atoms with van der Waals surface area (Å²) in [5.74, 6) is -1.99. The summed E-state index contributed by atoms with van der Waals surface area (Å²) in [7, 11) is 0. The van der Waals surface area contributed by atoms with Gasteiger partial charge in [0, 0.05) is 54.4 Å². The van der Waals surface area contributed by atoms with Crippen LogP contribution in [0.15, 0.2) is 67.3 Å². The minimum Gasteiger partial charge on any atom is -0.444 e. The maximum Gasteiger partial charge on any atom is 0.410 e. The molecule has 0 saturated carbocycles. The average molecular weight is 639 g/mol. The lowest BCUT2D eigenvalue weighted by atomic mass is 9.98. The van der Waals surface area contributed by atoms with Crippen molar-refractivity contribution in [1.82, 2.24) is 34.7 Å². The molecule has 10 nitrogen and oxygen atoms in total. The molecule has 8 rings (SSSR count). The van der Waals surface area contributed by atoms with Crippen molar-refractivity contribution >= 4 is 28.3 Å². The summed E-state index contributed by atoms with van der Waals surface area (Å²) < 4.78 is 53.8. The third-order valence-corrected chi connectivity index (χ3v) is 8.79. The van der Waals surface area contributed by atoms with Gasteiger partial charge in [-0.15, -0.1) is 0 Å². The molecule has 2 saturated heterocycles. The number of carbonyl (C=O) groups is 1. The Kier molecular flexibility index (Phi) is 6.50. The molecule has 1 amide bonds. The smallest absolute Gasteiger partial charge is 0.410 e. The number of halogens is 3. The van der Waals surface area contributed by atoms with Crippen molar-refractivity contribution in [2.45, 2.75) is 44.9 Å². The summed E-state index contributed by atoms with van der Waals surface area (Å²) in [4.78, 5) is 25.0. The van der Waals surface area contributed by atoms with E-state index in [-0.39, 0.29) is 35.0 Å². The normalized spacial score (nSPS) is 17.7. The minimum absolute atomic E-state index is 0.0862. The Morgan fingerprint density at radius 1 is 0.936 bits per heavy atom. The summed E-state index contributed by atoms with van der Waals surface area (Å²) in [5, 5.41) is 12.1. The molecule has 2 fully saturated rings. The van der Waals surface area contributed by atoms with Gasteiger partial charge in [0.2, 0.25) is 0 Å². The van der Waals surface area contributed by atoms with Crippen LogP contribution in [-0.4, -0.2) is 71.5 Å². The zero-order valence-electron chi connectivity index (χ0n) is 25.7. The number of H-pyrrole nitrogens is 1. The van der Waals surface area contributed by atoms with Gasteiger partial charge in [0.15, 0.2) is 5.65 Å². The van der Waals surface area contributed by atoms with Gasteiger partial charge in [0.25, 0.3) is 0 Å². The molecule has 0 spiro atoms. The number of pyridine rings is 1. The summed E-state index contributed by atoms with van der Waals surface area (Å²) in [6.07, 6.45) is 6.54. The third-order valence-electron chi connectivity index (χ3n) is 8.79. The Bertz CT molecular complexity index is 2170. The lowest BCUT2D eigenvalue weighted by Crippen LogP contribution is -2.50. The van der Waals surface area contributed by atoms with Gasteiger partial charge in [0.05, 0.1) is 29.1 Å². The number of aromatic amines is 1. The maximum absolute atomic E-state index is 16.1. The summed E-state index contributed by atoms with van der Waals surface area (Å²) in [6.45, 7) is 6.32. The molecule has 13 heteroatoms. The largest absolute Gasteiger partial charge is 0.444 e. The molecule has 6 aromatic rings. The van der Waals surface area contributed by atoms with Gasteiger partial charge >= 0.3 is 6.09 Å². The van der Waals surface area contributed by atoms with Gasteiger partial charge < -0.3 is 14.5 Å². The highest BCUT2D eigenvalue weighted by molar-refractivity contribution is 6.03. The van der Waals surface area contributed by atoms with E-state index in [1.807, 2.05) is 25.7 Å². The Morgan fingerprint density at radius 2 is 1.70 bits per heavy atom. The van der Waals surface area contributed by atoms with Crippen LogP contribution in [-0.2, 0) is 4.74 Å². The van der Waals surface area contributed by atoms with E-state index in [2.05, 4.69) is 20.2 Å². The fraction of sp³-hybridized carbons (Fsp3) is 0.265. The molecule has 6 heterocycles. The summed E-state index contributed by atoms with van der Waals surface area (Å²) in [5.41, 5.74) is 2.53. The van der Waals surface area contributed by atoms with E-state index in [0.717, 1.165) is 0 Å². The number of anilines is 1. The van der Waals surface area contributed by atoms with E-state index in [9.17, 15) is 9.18 Å².